The fourth-order valence-electron chi connectivity index (χ4n) is 6.76. The van der Waals surface area contributed by atoms with Gasteiger partial charge in [0, 0.05) is 60.3 Å². The average molecular weight is 773 g/mol. The van der Waals surface area contributed by atoms with Crippen LogP contribution in [0.15, 0.2) is 65.1 Å². The summed E-state index contributed by atoms with van der Waals surface area (Å²) in [5.74, 6) is 0.0936. The zero-order valence-corrected chi connectivity index (χ0v) is 29.9. The Balaban J connectivity index is 0.779. The summed E-state index contributed by atoms with van der Waals surface area (Å²) >= 11 is 3.43. The van der Waals surface area contributed by atoms with Crippen molar-refractivity contribution in [3.8, 4) is 5.75 Å². The van der Waals surface area contributed by atoms with Gasteiger partial charge in [0.25, 0.3) is 5.91 Å². The van der Waals surface area contributed by atoms with Crippen molar-refractivity contribution in [3.63, 3.8) is 0 Å². The van der Waals surface area contributed by atoms with Crippen LogP contribution in [0.2, 0.25) is 0 Å². The molecule has 4 aromatic rings. The molecule has 7 rings (SSSR count). The van der Waals surface area contributed by atoms with E-state index in [0.29, 0.717) is 76.1 Å². The number of aromatic amines is 1. The van der Waals surface area contributed by atoms with Gasteiger partial charge in [-0.2, -0.15) is 5.10 Å². The zero-order valence-electron chi connectivity index (χ0n) is 28.4. The molecule has 0 bridgehead atoms. The molecule has 14 nitrogen and oxygen atoms in total. The minimum absolute atomic E-state index is 0.0353. The Hall–Kier alpha value is -5.28. The molecule has 2 fully saturated rings. The topological polar surface area (TPSA) is 166 Å². The largest absolute Gasteiger partial charge is 0.491 e. The molecule has 2 saturated heterocycles. The van der Waals surface area contributed by atoms with Crippen LogP contribution in [0, 0.1) is 0 Å². The Morgan fingerprint density at radius 2 is 1.75 bits per heavy atom. The number of piperidine rings is 1. The predicted molar refractivity (Wildman–Crippen MR) is 195 cm³/mol. The van der Waals surface area contributed by atoms with E-state index in [-0.39, 0.29) is 42.9 Å². The van der Waals surface area contributed by atoms with Crippen LogP contribution in [0.5, 0.6) is 5.75 Å². The van der Waals surface area contributed by atoms with Crippen molar-refractivity contribution in [1.82, 2.24) is 25.3 Å². The van der Waals surface area contributed by atoms with Gasteiger partial charge in [0.2, 0.25) is 23.6 Å². The number of nitrogens with zero attached hydrogens (tertiary/aromatic N) is 4. The molecule has 3 aliphatic rings. The standard InChI is InChI=1S/C37H38BrN7O7/c38-25-3-7-29-30(21-25)41-42-35(29)39-33(47)19-23-1-5-27(6-2-23)52-18-17-51-16-11-34(48)44-14-12-43(13-15-44)26-4-8-28-24(20-26)22-45(37(28)50)31-9-10-32(46)40-36(31)49/h1-8,20-21,31H,9-19,22H2,(H,40,46,49)(H2,39,41,42,47). The highest BCUT2D eigenvalue weighted by Gasteiger charge is 2.39. The minimum atomic E-state index is -0.642. The van der Waals surface area contributed by atoms with E-state index in [0.717, 1.165) is 32.2 Å². The number of aromatic nitrogens is 2. The molecule has 3 aromatic carbocycles. The normalized spacial score (nSPS) is 17.4. The van der Waals surface area contributed by atoms with E-state index in [1.807, 2.05) is 59.5 Å². The van der Waals surface area contributed by atoms with Crippen molar-refractivity contribution < 1.29 is 33.4 Å². The number of benzene rings is 3. The maximum atomic E-state index is 13.0. The van der Waals surface area contributed by atoms with Crippen LogP contribution in [0.4, 0.5) is 11.5 Å². The third-order valence-corrected chi connectivity index (χ3v) is 10.0. The lowest BCUT2D eigenvalue weighted by atomic mass is 10.0. The highest BCUT2D eigenvalue weighted by atomic mass is 79.9. The van der Waals surface area contributed by atoms with Gasteiger partial charge >= 0.3 is 0 Å². The number of carbonyl (C=O) groups excluding carboxylic acids is 5. The second kappa shape index (κ2) is 15.5. The number of rotatable bonds is 12. The Kier molecular flexibility index (Phi) is 10.5. The molecular formula is C37H38BrN7O7. The van der Waals surface area contributed by atoms with Gasteiger partial charge in [-0.15, -0.1) is 0 Å². The molecule has 270 valence electrons. The van der Waals surface area contributed by atoms with Crippen molar-refractivity contribution in [2.75, 3.05) is 56.2 Å². The fraction of sp³-hybridized carbons (Fsp3) is 0.351. The van der Waals surface area contributed by atoms with Crippen molar-refractivity contribution in [2.24, 2.45) is 0 Å². The first-order valence-electron chi connectivity index (χ1n) is 17.2. The van der Waals surface area contributed by atoms with Crippen LogP contribution in [-0.2, 0) is 36.9 Å². The number of hydrogen-bond donors (Lipinski definition) is 3. The molecule has 0 aliphatic carbocycles. The number of nitrogens with one attached hydrogen (secondary N) is 3. The van der Waals surface area contributed by atoms with E-state index in [9.17, 15) is 24.0 Å². The summed E-state index contributed by atoms with van der Waals surface area (Å²) in [6.45, 7) is 3.76. The number of ether oxygens (including phenoxy) is 2. The molecule has 1 atom stereocenters. The highest BCUT2D eigenvalue weighted by Crippen LogP contribution is 2.31. The molecule has 1 aromatic heterocycles. The molecule has 15 heteroatoms. The monoisotopic (exact) mass is 771 g/mol. The van der Waals surface area contributed by atoms with Gasteiger partial charge in [-0.25, -0.2) is 0 Å². The van der Waals surface area contributed by atoms with E-state index < -0.39 is 11.9 Å². The predicted octanol–water partition coefficient (Wildman–Crippen LogP) is 3.40. The third kappa shape index (κ3) is 7.95. The van der Waals surface area contributed by atoms with Crippen molar-refractivity contribution in [2.45, 2.75) is 38.3 Å². The summed E-state index contributed by atoms with van der Waals surface area (Å²) < 4.78 is 12.4. The Labute approximate surface area is 307 Å². The summed E-state index contributed by atoms with van der Waals surface area (Å²) in [6.07, 6.45) is 1.02. The van der Waals surface area contributed by atoms with Gasteiger partial charge in [0.05, 0.1) is 31.6 Å². The highest BCUT2D eigenvalue weighted by molar-refractivity contribution is 9.10. The molecule has 0 saturated carbocycles. The lowest BCUT2D eigenvalue weighted by molar-refractivity contribution is -0.137. The molecule has 3 N–H and O–H groups in total. The van der Waals surface area contributed by atoms with Crippen molar-refractivity contribution in [1.29, 1.82) is 0 Å². The Morgan fingerprint density at radius 3 is 2.54 bits per heavy atom. The SMILES string of the molecule is O=C1CCC(N2Cc3cc(N4CCN(C(=O)CCOCCOc5ccc(CC(=O)Nc6n[nH]c7cc(Br)ccc67)cc5)CC4)ccc3C2=O)C(=O)N1. The summed E-state index contributed by atoms with van der Waals surface area (Å²) in [4.78, 5) is 68.0. The molecule has 0 radical (unpaired) electrons. The lowest BCUT2D eigenvalue weighted by Gasteiger charge is -2.36. The number of amides is 5. The third-order valence-electron chi connectivity index (χ3n) is 9.53. The van der Waals surface area contributed by atoms with E-state index >= 15 is 0 Å². The molecule has 5 amide bonds. The number of fused-ring (bicyclic) bond motifs is 2. The summed E-state index contributed by atoms with van der Waals surface area (Å²) in [7, 11) is 0. The van der Waals surface area contributed by atoms with Crippen LogP contribution >= 0.6 is 15.9 Å². The van der Waals surface area contributed by atoms with Crippen LogP contribution in [0.1, 0.15) is 40.7 Å². The molecule has 52 heavy (non-hydrogen) atoms. The van der Waals surface area contributed by atoms with Crippen LogP contribution in [-0.4, -0.2) is 102 Å². The van der Waals surface area contributed by atoms with Gasteiger partial charge in [-0.05, 0) is 66.1 Å². The summed E-state index contributed by atoms with van der Waals surface area (Å²) in [5, 5.41) is 13.1. The van der Waals surface area contributed by atoms with Crippen LogP contribution in [0.3, 0.4) is 0 Å². The van der Waals surface area contributed by atoms with Crippen molar-refractivity contribution in [3.05, 3.63) is 81.8 Å². The van der Waals surface area contributed by atoms with E-state index in [1.54, 1.807) is 11.0 Å². The van der Waals surface area contributed by atoms with Crippen molar-refractivity contribution >= 4 is 67.9 Å². The van der Waals surface area contributed by atoms with Gasteiger partial charge in [0.1, 0.15) is 18.4 Å². The quantitative estimate of drug-likeness (QED) is 0.145. The average Bonchev–Trinajstić information content (AvgIpc) is 3.69. The summed E-state index contributed by atoms with van der Waals surface area (Å²) in [6, 6.07) is 18.1. The molecule has 1 unspecified atom stereocenters. The number of hydrogen-bond acceptors (Lipinski definition) is 9. The number of imide groups is 1. The second-order valence-corrected chi connectivity index (χ2v) is 13.9. The zero-order chi connectivity index (χ0) is 36.2. The maximum Gasteiger partial charge on any atom is 0.255 e. The maximum absolute atomic E-state index is 13.0. The molecular weight excluding hydrogens is 734 g/mol. The van der Waals surface area contributed by atoms with Gasteiger partial charge < -0.3 is 29.5 Å². The smallest absolute Gasteiger partial charge is 0.255 e. The first-order valence-corrected chi connectivity index (χ1v) is 18.0. The molecule has 0 spiro atoms. The minimum Gasteiger partial charge on any atom is -0.491 e. The molecule has 3 aliphatic heterocycles. The first-order chi connectivity index (χ1) is 25.2. The molecule has 4 heterocycles. The Bertz CT molecular complexity index is 2010. The number of piperazine rings is 1. The van der Waals surface area contributed by atoms with Crippen LogP contribution < -0.4 is 20.3 Å². The van der Waals surface area contributed by atoms with Crippen LogP contribution in [0.25, 0.3) is 10.9 Å². The number of carbonyl (C=O) groups is 5. The van der Waals surface area contributed by atoms with E-state index in [4.69, 9.17) is 9.47 Å². The Morgan fingerprint density at radius 1 is 0.942 bits per heavy atom. The van der Waals surface area contributed by atoms with E-state index in [2.05, 4.69) is 41.7 Å². The first kappa shape index (κ1) is 35.1. The van der Waals surface area contributed by atoms with E-state index in [1.165, 1.54) is 0 Å². The van der Waals surface area contributed by atoms with Gasteiger partial charge in [-0.3, -0.25) is 34.4 Å². The van der Waals surface area contributed by atoms with Gasteiger partial charge in [0.15, 0.2) is 5.82 Å². The number of halogens is 1. The summed E-state index contributed by atoms with van der Waals surface area (Å²) in [5.41, 5.74) is 4.08. The lowest BCUT2D eigenvalue weighted by Crippen LogP contribution is -2.52. The number of H-pyrrole nitrogens is 1. The van der Waals surface area contributed by atoms with Gasteiger partial charge in [-0.1, -0.05) is 28.1 Å². The fourth-order valence-corrected chi connectivity index (χ4v) is 7.12. The second-order valence-electron chi connectivity index (χ2n) is 13.0. The number of anilines is 2.